The van der Waals surface area contributed by atoms with Gasteiger partial charge >= 0.3 is 6.09 Å². The summed E-state index contributed by atoms with van der Waals surface area (Å²) in [4.78, 5) is 35.5. The minimum absolute atomic E-state index is 0.0890. The molecule has 0 heterocycles. The van der Waals surface area contributed by atoms with Crippen molar-refractivity contribution < 1.29 is 19.1 Å². The van der Waals surface area contributed by atoms with Crippen molar-refractivity contribution in [3.63, 3.8) is 0 Å². The Balaban J connectivity index is 2.65. The van der Waals surface area contributed by atoms with E-state index in [9.17, 15) is 14.4 Å². The van der Waals surface area contributed by atoms with Crippen molar-refractivity contribution >= 4 is 17.8 Å². The molecule has 0 fully saturated rings. The number of aryl methyl sites for hydroxylation is 1. The number of allylic oxidation sites excluding steroid dienone is 1. The highest BCUT2D eigenvalue weighted by atomic mass is 16.6. The average molecular weight is 374 g/mol. The van der Waals surface area contributed by atoms with Crippen molar-refractivity contribution in [2.45, 2.75) is 65.1 Å². The van der Waals surface area contributed by atoms with Crippen molar-refractivity contribution in [1.29, 1.82) is 0 Å². The minimum atomic E-state index is -0.759. The third-order valence-electron chi connectivity index (χ3n) is 3.60. The Kier molecular flexibility index (Phi) is 8.72. The Morgan fingerprint density at radius 1 is 1.11 bits per heavy atom. The summed E-state index contributed by atoms with van der Waals surface area (Å²) in [5.74, 6) is -0.430. The van der Waals surface area contributed by atoms with Crippen LogP contribution < -0.4 is 10.6 Å². The number of amides is 2. The highest BCUT2D eigenvalue weighted by Crippen LogP contribution is 2.08. The van der Waals surface area contributed by atoms with Crippen LogP contribution in [0, 0.1) is 0 Å². The van der Waals surface area contributed by atoms with Crippen LogP contribution in [-0.4, -0.2) is 35.5 Å². The molecule has 0 aromatic heterocycles. The van der Waals surface area contributed by atoms with E-state index in [1.54, 1.807) is 33.8 Å². The maximum atomic E-state index is 12.4. The predicted molar refractivity (Wildman–Crippen MR) is 105 cm³/mol. The summed E-state index contributed by atoms with van der Waals surface area (Å²) in [6, 6.07) is 8.82. The fourth-order valence-corrected chi connectivity index (χ4v) is 2.29. The second-order valence-electron chi connectivity index (χ2n) is 7.48. The first kappa shape index (κ1) is 22.4. The summed E-state index contributed by atoms with van der Waals surface area (Å²) in [6.07, 6.45) is 3.87. The van der Waals surface area contributed by atoms with E-state index < -0.39 is 17.7 Å². The number of carbonyl (C=O) groups excluding carboxylic acids is 3. The van der Waals surface area contributed by atoms with Gasteiger partial charge in [-0.3, -0.25) is 9.59 Å². The topological polar surface area (TPSA) is 84.5 Å². The van der Waals surface area contributed by atoms with Crippen molar-refractivity contribution in [3.05, 3.63) is 48.0 Å². The molecule has 0 aliphatic rings. The molecule has 0 radical (unpaired) electrons. The monoisotopic (exact) mass is 374 g/mol. The fraction of sp³-hybridized carbons (Fsp3) is 0.476. The van der Waals surface area contributed by atoms with Gasteiger partial charge in [0.15, 0.2) is 5.78 Å². The number of benzene rings is 1. The second-order valence-corrected chi connectivity index (χ2v) is 7.48. The highest BCUT2D eigenvalue weighted by Gasteiger charge is 2.22. The lowest BCUT2D eigenvalue weighted by Gasteiger charge is -2.23. The Hall–Kier alpha value is -2.63. The molecule has 2 amide bonds. The van der Waals surface area contributed by atoms with Crippen LogP contribution in [0.25, 0.3) is 0 Å². The molecule has 2 N–H and O–H groups in total. The summed E-state index contributed by atoms with van der Waals surface area (Å²) in [6.45, 7) is 8.30. The number of hydrogen-bond acceptors (Lipinski definition) is 4. The average Bonchev–Trinajstić information content (AvgIpc) is 2.56. The van der Waals surface area contributed by atoms with Crippen LogP contribution in [0.1, 0.15) is 46.6 Å². The smallest absolute Gasteiger partial charge is 0.408 e. The largest absolute Gasteiger partial charge is 0.444 e. The van der Waals surface area contributed by atoms with Gasteiger partial charge in [-0.2, -0.15) is 0 Å². The van der Waals surface area contributed by atoms with Gasteiger partial charge in [0.05, 0.1) is 0 Å². The van der Waals surface area contributed by atoms with Crippen molar-refractivity contribution in [1.82, 2.24) is 10.6 Å². The molecule has 6 nitrogen and oxygen atoms in total. The lowest BCUT2D eigenvalue weighted by atomic mass is 10.0. The number of carbonyl (C=O) groups is 3. The molecule has 27 heavy (non-hydrogen) atoms. The lowest BCUT2D eigenvalue weighted by molar-refractivity contribution is -0.123. The van der Waals surface area contributed by atoms with E-state index >= 15 is 0 Å². The zero-order valence-corrected chi connectivity index (χ0v) is 16.7. The fourth-order valence-electron chi connectivity index (χ4n) is 2.29. The molecule has 1 aromatic carbocycles. The van der Waals surface area contributed by atoms with Gasteiger partial charge in [0.1, 0.15) is 11.6 Å². The molecular formula is C21H30N2O4. The summed E-state index contributed by atoms with van der Waals surface area (Å²) in [5.41, 5.74) is 0.510. The van der Waals surface area contributed by atoms with Gasteiger partial charge in [-0.1, -0.05) is 36.4 Å². The first-order chi connectivity index (χ1) is 12.6. The number of rotatable bonds is 8. The van der Waals surface area contributed by atoms with E-state index in [2.05, 4.69) is 10.6 Å². The van der Waals surface area contributed by atoms with E-state index in [0.717, 1.165) is 12.0 Å². The van der Waals surface area contributed by atoms with E-state index in [0.29, 0.717) is 6.42 Å². The molecule has 6 heteroatoms. The molecule has 0 saturated carbocycles. The van der Waals surface area contributed by atoms with E-state index in [1.165, 1.54) is 13.0 Å². The lowest BCUT2D eigenvalue weighted by Crippen LogP contribution is -2.48. The van der Waals surface area contributed by atoms with Crippen molar-refractivity contribution in [3.8, 4) is 0 Å². The number of ether oxygens (including phenoxy) is 1. The van der Waals surface area contributed by atoms with Gasteiger partial charge < -0.3 is 15.4 Å². The van der Waals surface area contributed by atoms with Gasteiger partial charge in [0, 0.05) is 6.04 Å². The zero-order chi connectivity index (χ0) is 20.4. The van der Waals surface area contributed by atoms with Gasteiger partial charge in [-0.05, 0) is 59.1 Å². The van der Waals surface area contributed by atoms with Crippen molar-refractivity contribution in [2.24, 2.45) is 0 Å². The molecule has 1 aromatic rings. The van der Waals surface area contributed by atoms with Crippen molar-refractivity contribution in [2.75, 3.05) is 0 Å². The molecular weight excluding hydrogens is 344 g/mol. The van der Waals surface area contributed by atoms with Crippen LogP contribution in [0.5, 0.6) is 0 Å². The molecule has 2 atom stereocenters. The Morgan fingerprint density at radius 3 is 2.30 bits per heavy atom. The summed E-state index contributed by atoms with van der Waals surface area (Å²) in [5, 5.41) is 5.38. The summed E-state index contributed by atoms with van der Waals surface area (Å²) < 4.78 is 5.16. The first-order valence-electron chi connectivity index (χ1n) is 9.09. The van der Waals surface area contributed by atoms with Gasteiger partial charge in [-0.15, -0.1) is 0 Å². The Bertz CT molecular complexity index is 663. The van der Waals surface area contributed by atoms with Crippen LogP contribution >= 0.6 is 0 Å². The zero-order valence-electron chi connectivity index (χ0n) is 16.7. The van der Waals surface area contributed by atoms with E-state index in [-0.39, 0.29) is 17.7 Å². The molecule has 148 valence electrons. The van der Waals surface area contributed by atoms with Crippen LogP contribution in [0.15, 0.2) is 42.5 Å². The van der Waals surface area contributed by atoms with Crippen LogP contribution in [-0.2, 0) is 20.7 Å². The molecule has 0 aliphatic carbocycles. The van der Waals surface area contributed by atoms with Gasteiger partial charge in [0.25, 0.3) is 0 Å². The SMILES string of the molecule is CC(=O)/C=C/[C@H](CCc1ccccc1)NC(=O)[C@H](C)NC(=O)OC(C)(C)C. The number of ketones is 1. The third kappa shape index (κ3) is 10.2. The molecule has 0 saturated heterocycles. The molecule has 0 bridgehead atoms. The Morgan fingerprint density at radius 2 is 1.74 bits per heavy atom. The molecule has 0 unspecified atom stereocenters. The normalized spacial score (nSPS) is 13.7. The Labute approximate surface area is 161 Å². The number of alkyl carbamates (subject to hydrolysis) is 1. The van der Waals surface area contributed by atoms with Crippen LogP contribution in [0.3, 0.4) is 0 Å². The standard InChI is InChI=1S/C21H30N2O4/c1-15(24)11-13-18(14-12-17-9-7-6-8-10-17)23-19(25)16(2)22-20(26)27-21(3,4)5/h6-11,13,16,18H,12,14H2,1-5H3,(H,22,26)(H,23,25)/b13-11+/t16-,18+/m0/s1. The van der Waals surface area contributed by atoms with Crippen LogP contribution in [0.2, 0.25) is 0 Å². The highest BCUT2D eigenvalue weighted by molar-refractivity contribution is 5.88. The first-order valence-corrected chi connectivity index (χ1v) is 9.09. The second kappa shape index (κ2) is 10.5. The quantitative estimate of drug-likeness (QED) is 0.685. The summed E-state index contributed by atoms with van der Waals surface area (Å²) in [7, 11) is 0. The maximum absolute atomic E-state index is 12.4. The summed E-state index contributed by atoms with van der Waals surface area (Å²) >= 11 is 0. The van der Waals surface area contributed by atoms with E-state index in [1.807, 2.05) is 30.3 Å². The number of hydrogen-bond donors (Lipinski definition) is 2. The van der Waals surface area contributed by atoms with Gasteiger partial charge in [0.2, 0.25) is 5.91 Å². The molecule has 0 aliphatic heterocycles. The number of nitrogens with one attached hydrogen (secondary N) is 2. The maximum Gasteiger partial charge on any atom is 0.408 e. The predicted octanol–water partition coefficient (Wildman–Crippen LogP) is 3.16. The van der Waals surface area contributed by atoms with Gasteiger partial charge in [-0.25, -0.2) is 4.79 Å². The molecule has 0 spiro atoms. The van der Waals surface area contributed by atoms with E-state index in [4.69, 9.17) is 4.74 Å². The molecule has 1 rings (SSSR count). The minimum Gasteiger partial charge on any atom is -0.444 e. The van der Waals surface area contributed by atoms with Crippen LogP contribution in [0.4, 0.5) is 4.79 Å². The third-order valence-corrected chi connectivity index (χ3v) is 3.60.